The Labute approximate surface area is 111 Å². The monoisotopic (exact) mass is 286 g/mol. The molecular formula is C12H9F3N2OS. The Balaban J connectivity index is 2.10. The van der Waals surface area contributed by atoms with Crippen LogP contribution in [0.2, 0.25) is 0 Å². The van der Waals surface area contributed by atoms with Crippen molar-refractivity contribution in [1.82, 2.24) is 4.98 Å². The molecule has 0 saturated heterocycles. The van der Waals surface area contributed by atoms with Crippen molar-refractivity contribution >= 4 is 22.9 Å². The molecule has 1 heterocycles. The first-order valence-electron chi connectivity index (χ1n) is 5.30. The smallest absolute Gasteiger partial charge is 0.326 e. The standard InChI is InChI=1S/C12H9F3N2OS/c13-12(14,15)7-10(18)17-9-3-1-2-8(6-9)11-16-4-5-19-11/h1-6H,7H2,(H,17,18). The fraction of sp³-hybridized carbons (Fsp3) is 0.167. The quantitative estimate of drug-likeness (QED) is 0.934. The number of nitrogens with one attached hydrogen (secondary N) is 1. The van der Waals surface area contributed by atoms with Gasteiger partial charge < -0.3 is 5.32 Å². The van der Waals surface area contributed by atoms with Gasteiger partial charge in [0.25, 0.3) is 0 Å². The zero-order chi connectivity index (χ0) is 13.9. The van der Waals surface area contributed by atoms with Crippen molar-refractivity contribution in [2.24, 2.45) is 0 Å². The fourth-order valence-corrected chi connectivity index (χ4v) is 2.12. The van der Waals surface area contributed by atoms with Crippen molar-refractivity contribution < 1.29 is 18.0 Å². The van der Waals surface area contributed by atoms with Gasteiger partial charge in [0.1, 0.15) is 11.4 Å². The van der Waals surface area contributed by atoms with E-state index in [-0.39, 0.29) is 0 Å². The van der Waals surface area contributed by atoms with Gasteiger partial charge in [-0.15, -0.1) is 11.3 Å². The van der Waals surface area contributed by atoms with Gasteiger partial charge >= 0.3 is 6.18 Å². The van der Waals surface area contributed by atoms with Crippen molar-refractivity contribution in [3.8, 4) is 10.6 Å². The molecule has 0 atom stereocenters. The fourth-order valence-electron chi connectivity index (χ4n) is 1.48. The second-order valence-electron chi connectivity index (χ2n) is 3.76. The van der Waals surface area contributed by atoms with Gasteiger partial charge in [0, 0.05) is 22.8 Å². The largest absolute Gasteiger partial charge is 0.397 e. The van der Waals surface area contributed by atoms with E-state index in [1.54, 1.807) is 29.8 Å². The summed E-state index contributed by atoms with van der Waals surface area (Å²) in [5, 5.41) is 4.76. The van der Waals surface area contributed by atoms with Gasteiger partial charge in [0.05, 0.1) is 0 Å². The summed E-state index contributed by atoms with van der Waals surface area (Å²) >= 11 is 1.41. The summed E-state index contributed by atoms with van der Waals surface area (Å²) in [6, 6.07) is 6.55. The lowest BCUT2D eigenvalue weighted by molar-refractivity contribution is -0.150. The molecule has 1 amide bonds. The number of rotatable bonds is 3. The molecule has 19 heavy (non-hydrogen) atoms. The summed E-state index contributed by atoms with van der Waals surface area (Å²) in [6.07, 6.45) is -4.36. The van der Waals surface area contributed by atoms with Gasteiger partial charge in [-0.3, -0.25) is 4.79 Å². The highest BCUT2D eigenvalue weighted by atomic mass is 32.1. The lowest BCUT2D eigenvalue weighted by atomic mass is 10.2. The summed E-state index contributed by atoms with van der Waals surface area (Å²) < 4.78 is 36.1. The van der Waals surface area contributed by atoms with Gasteiger partial charge in [-0.05, 0) is 12.1 Å². The first-order chi connectivity index (χ1) is 8.94. The van der Waals surface area contributed by atoms with Crippen LogP contribution in [0, 0.1) is 0 Å². The lowest BCUT2D eigenvalue weighted by Gasteiger charge is -2.08. The molecule has 3 nitrogen and oxygen atoms in total. The van der Waals surface area contributed by atoms with Gasteiger partial charge in [0.15, 0.2) is 0 Å². The number of nitrogens with zero attached hydrogens (tertiary/aromatic N) is 1. The predicted molar refractivity (Wildman–Crippen MR) is 66.9 cm³/mol. The number of halogens is 3. The average Bonchev–Trinajstić information content (AvgIpc) is 2.79. The van der Waals surface area contributed by atoms with Crippen LogP contribution in [0.25, 0.3) is 10.6 Å². The van der Waals surface area contributed by atoms with E-state index in [9.17, 15) is 18.0 Å². The Morgan fingerprint density at radius 1 is 1.37 bits per heavy atom. The highest BCUT2D eigenvalue weighted by Crippen LogP contribution is 2.25. The molecule has 0 radical (unpaired) electrons. The molecule has 0 spiro atoms. The molecular weight excluding hydrogens is 277 g/mol. The Hall–Kier alpha value is -1.89. The molecule has 0 fully saturated rings. The zero-order valence-electron chi connectivity index (χ0n) is 9.57. The number of amides is 1. The van der Waals surface area contributed by atoms with E-state index < -0.39 is 18.5 Å². The Kier molecular flexibility index (Phi) is 3.84. The van der Waals surface area contributed by atoms with Crippen LogP contribution in [0.5, 0.6) is 0 Å². The predicted octanol–water partition coefficient (Wildman–Crippen LogP) is 3.70. The highest BCUT2D eigenvalue weighted by Gasteiger charge is 2.31. The number of thiazole rings is 1. The molecule has 2 rings (SSSR count). The van der Waals surface area contributed by atoms with Gasteiger partial charge in [-0.2, -0.15) is 13.2 Å². The van der Waals surface area contributed by atoms with Crippen LogP contribution in [0.3, 0.4) is 0 Å². The first-order valence-corrected chi connectivity index (χ1v) is 6.18. The average molecular weight is 286 g/mol. The zero-order valence-corrected chi connectivity index (χ0v) is 10.4. The third-order valence-corrected chi connectivity index (χ3v) is 3.01. The minimum Gasteiger partial charge on any atom is -0.326 e. The van der Waals surface area contributed by atoms with Crippen molar-refractivity contribution in [2.45, 2.75) is 12.6 Å². The molecule has 100 valence electrons. The van der Waals surface area contributed by atoms with E-state index in [2.05, 4.69) is 10.3 Å². The molecule has 0 aliphatic carbocycles. The topological polar surface area (TPSA) is 42.0 Å². The molecule has 0 aliphatic rings. The minimum absolute atomic E-state index is 0.321. The van der Waals surface area contributed by atoms with E-state index >= 15 is 0 Å². The number of carbonyl (C=O) groups is 1. The summed E-state index contributed by atoms with van der Waals surface area (Å²) in [5.41, 5.74) is 1.07. The van der Waals surface area contributed by atoms with Gasteiger partial charge in [-0.25, -0.2) is 4.98 Å². The Bertz CT molecular complexity index is 567. The van der Waals surface area contributed by atoms with E-state index in [0.29, 0.717) is 5.69 Å². The molecule has 0 unspecified atom stereocenters. The first kappa shape index (κ1) is 13.5. The SMILES string of the molecule is O=C(CC(F)(F)F)Nc1cccc(-c2nccs2)c1. The van der Waals surface area contributed by atoms with E-state index in [1.165, 1.54) is 17.4 Å². The van der Waals surface area contributed by atoms with Crippen LogP contribution in [0.15, 0.2) is 35.8 Å². The Morgan fingerprint density at radius 2 is 2.16 bits per heavy atom. The molecule has 0 aliphatic heterocycles. The van der Waals surface area contributed by atoms with Crippen LogP contribution in [-0.4, -0.2) is 17.1 Å². The molecule has 0 bridgehead atoms. The lowest BCUT2D eigenvalue weighted by Crippen LogP contribution is -2.21. The maximum absolute atomic E-state index is 12.0. The van der Waals surface area contributed by atoms with Crippen LogP contribution in [-0.2, 0) is 4.79 Å². The van der Waals surface area contributed by atoms with E-state index in [4.69, 9.17) is 0 Å². The van der Waals surface area contributed by atoms with Crippen LogP contribution in [0.4, 0.5) is 18.9 Å². The van der Waals surface area contributed by atoms with Crippen LogP contribution < -0.4 is 5.32 Å². The molecule has 1 aromatic heterocycles. The summed E-state index contributed by atoms with van der Waals surface area (Å²) in [4.78, 5) is 15.3. The van der Waals surface area contributed by atoms with Crippen molar-refractivity contribution in [2.75, 3.05) is 5.32 Å². The molecule has 1 aromatic carbocycles. The summed E-state index contributed by atoms with van der Waals surface area (Å²) in [6.45, 7) is 0. The normalized spacial score (nSPS) is 11.3. The number of anilines is 1. The van der Waals surface area contributed by atoms with E-state index in [0.717, 1.165) is 10.6 Å². The van der Waals surface area contributed by atoms with Crippen molar-refractivity contribution in [1.29, 1.82) is 0 Å². The summed E-state index contributed by atoms with van der Waals surface area (Å²) in [5.74, 6) is -1.08. The third kappa shape index (κ3) is 4.06. The number of aromatic nitrogens is 1. The molecule has 7 heteroatoms. The number of hydrogen-bond acceptors (Lipinski definition) is 3. The molecule has 1 N–H and O–H groups in total. The minimum atomic E-state index is -4.50. The second-order valence-corrected chi connectivity index (χ2v) is 4.65. The van der Waals surface area contributed by atoms with E-state index in [1.807, 2.05) is 0 Å². The maximum atomic E-state index is 12.0. The van der Waals surface area contributed by atoms with Gasteiger partial charge in [0.2, 0.25) is 5.91 Å². The van der Waals surface area contributed by atoms with Crippen molar-refractivity contribution in [3.63, 3.8) is 0 Å². The third-order valence-electron chi connectivity index (χ3n) is 2.19. The maximum Gasteiger partial charge on any atom is 0.397 e. The number of alkyl halides is 3. The highest BCUT2D eigenvalue weighted by molar-refractivity contribution is 7.13. The Morgan fingerprint density at radius 3 is 2.79 bits per heavy atom. The van der Waals surface area contributed by atoms with Crippen molar-refractivity contribution in [3.05, 3.63) is 35.8 Å². The number of carbonyl (C=O) groups excluding carboxylic acids is 1. The van der Waals surface area contributed by atoms with Crippen LogP contribution in [0.1, 0.15) is 6.42 Å². The number of hydrogen-bond donors (Lipinski definition) is 1. The second kappa shape index (κ2) is 5.40. The van der Waals surface area contributed by atoms with Gasteiger partial charge in [-0.1, -0.05) is 12.1 Å². The summed E-state index contributed by atoms with van der Waals surface area (Å²) in [7, 11) is 0. The van der Waals surface area contributed by atoms with Crippen LogP contribution >= 0.6 is 11.3 Å². The number of benzene rings is 1. The molecule has 2 aromatic rings. The molecule has 0 saturated carbocycles.